The molecule has 2 amide bonds. The van der Waals surface area contributed by atoms with Crippen LogP contribution in [0.2, 0.25) is 0 Å². The third-order valence-electron chi connectivity index (χ3n) is 3.38. The van der Waals surface area contributed by atoms with Gasteiger partial charge in [0.25, 0.3) is 5.91 Å². The van der Waals surface area contributed by atoms with Gasteiger partial charge in [0.1, 0.15) is 0 Å². The first-order valence-corrected chi connectivity index (χ1v) is 7.92. The zero-order chi connectivity index (χ0) is 16.4. The lowest BCUT2D eigenvalue weighted by molar-refractivity contribution is -0.114. The number of aromatic nitrogens is 1. The van der Waals surface area contributed by atoms with Crippen molar-refractivity contribution in [2.75, 3.05) is 10.6 Å². The van der Waals surface area contributed by atoms with Crippen molar-refractivity contribution in [3.63, 3.8) is 0 Å². The normalized spacial score (nSPS) is 13.4. The van der Waals surface area contributed by atoms with Crippen LogP contribution in [0, 0.1) is 4.91 Å². The second kappa shape index (κ2) is 6.25. The van der Waals surface area contributed by atoms with Gasteiger partial charge in [-0.15, -0.1) is 4.91 Å². The summed E-state index contributed by atoms with van der Waals surface area (Å²) in [5.74, 6) is -0.387. The molecule has 1 aliphatic carbocycles. The lowest BCUT2D eigenvalue weighted by Crippen LogP contribution is -2.16. The second-order valence-corrected chi connectivity index (χ2v) is 6.23. The minimum atomic E-state index is -0.400. The molecule has 1 aromatic heterocycles. The number of rotatable bonds is 5. The summed E-state index contributed by atoms with van der Waals surface area (Å²) < 4.78 is 0. The van der Waals surface area contributed by atoms with Gasteiger partial charge >= 0.3 is 0 Å². The SMILES string of the molecule is CC(=O)Nc1ccccc1C(=O)Nc1nc(C2CC2)c(N=O)s1. The molecule has 1 aromatic carbocycles. The third-order valence-corrected chi connectivity index (χ3v) is 4.25. The quantitative estimate of drug-likeness (QED) is 0.817. The van der Waals surface area contributed by atoms with E-state index in [4.69, 9.17) is 0 Å². The van der Waals surface area contributed by atoms with Crippen molar-refractivity contribution in [1.82, 2.24) is 4.98 Å². The molecule has 0 aliphatic heterocycles. The van der Waals surface area contributed by atoms with Crippen LogP contribution in [-0.4, -0.2) is 16.8 Å². The van der Waals surface area contributed by atoms with Gasteiger partial charge in [-0.2, -0.15) is 0 Å². The van der Waals surface area contributed by atoms with E-state index < -0.39 is 5.91 Å². The Labute approximate surface area is 136 Å². The van der Waals surface area contributed by atoms with E-state index in [1.807, 2.05) is 0 Å². The van der Waals surface area contributed by atoms with Crippen LogP contribution in [0.25, 0.3) is 0 Å². The number of nitrogens with zero attached hydrogens (tertiary/aromatic N) is 2. The number of benzene rings is 1. The summed E-state index contributed by atoms with van der Waals surface area (Å²) in [5, 5.41) is 8.92. The van der Waals surface area contributed by atoms with E-state index in [9.17, 15) is 14.5 Å². The zero-order valence-electron chi connectivity index (χ0n) is 12.3. The van der Waals surface area contributed by atoms with Crippen molar-refractivity contribution in [3.05, 3.63) is 40.4 Å². The van der Waals surface area contributed by atoms with Gasteiger partial charge in [-0.1, -0.05) is 23.5 Å². The van der Waals surface area contributed by atoms with Gasteiger partial charge < -0.3 is 5.32 Å². The number of anilines is 2. The predicted molar refractivity (Wildman–Crippen MR) is 88.2 cm³/mol. The highest BCUT2D eigenvalue weighted by Crippen LogP contribution is 2.47. The highest BCUT2D eigenvalue weighted by Gasteiger charge is 2.30. The second-order valence-electron chi connectivity index (χ2n) is 5.26. The molecule has 0 saturated heterocycles. The standard InChI is InChI=1S/C15H14N4O3S/c1-8(20)16-11-5-3-2-4-10(11)13(21)18-15-17-12(9-6-7-9)14(19-22)23-15/h2-5,9H,6-7H2,1H3,(H,16,20)(H,17,18,21). The van der Waals surface area contributed by atoms with Gasteiger partial charge in [0.05, 0.1) is 16.9 Å². The van der Waals surface area contributed by atoms with Crippen LogP contribution in [0.15, 0.2) is 29.4 Å². The van der Waals surface area contributed by atoms with Crippen molar-refractivity contribution >= 4 is 39.0 Å². The summed E-state index contributed by atoms with van der Waals surface area (Å²) in [5.41, 5.74) is 1.41. The van der Waals surface area contributed by atoms with E-state index in [1.54, 1.807) is 24.3 Å². The number of amides is 2. The number of hydrogen-bond donors (Lipinski definition) is 2. The highest BCUT2D eigenvalue weighted by molar-refractivity contribution is 7.19. The average molecular weight is 330 g/mol. The predicted octanol–water partition coefficient (Wildman–Crippen LogP) is 3.63. The largest absolute Gasteiger partial charge is 0.326 e. The molecule has 1 aliphatic rings. The van der Waals surface area contributed by atoms with Crippen LogP contribution in [0.1, 0.15) is 41.7 Å². The summed E-state index contributed by atoms with van der Waals surface area (Å²) in [6.45, 7) is 1.37. The highest BCUT2D eigenvalue weighted by atomic mass is 32.1. The number of carbonyl (C=O) groups is 2. The van der Waals surface area contributed by atoms with Crippen LogP contribution in [0.5, 0.6) is 0 Å². The van der Waals surface area contributed by atoms with E-state index in [0.717, 1.165) is 24.2 Å². The van der Waals surface area contributed by atoms with Crippen LogP contribution in [0.4, 0.5) is 15.8 Å². The molecule has 1 heterocycles. The van der Waals surface area contributed by atoms with Crippen LogP contribution < -0.4 is 10.6 Å². The minimum absolute atomic E-state index is 0.261. The molecule has 7 nitrogen and oxygen atoms in total. The maximum atomic E-state index is 12.4. The van der Waals surface area contributed by atoms with E-state index in [-0.39, 0.29) is 11.8 Å². The first kappa shape index (κ1) is 15.3. The lowest BCUT2D eigenvalue weighted by Gasteiger charge is -2.08. The number of para-hydroxylation sites is 1. The fraction of sp³-hybridized carbons (Fsp3) is 0.267. The molecule has 23 heavy (non-hydrogen) atoms. The molecule has 1 saturated carbocycles. The minimum Gasteiger partial charge on any atom is -0.326 e. The molecule has 8 heteroatoms. The lowest BCUT2D eigenvalue weighted by atomic mass is 10.1. The topological polar surface area (TPSA) is 101 Å². The van der Waals surface area contributed by atoms with Crippen LogP contribution in [-0.2, 0) is 4.79 Å². The molecule has 0 radical (unpaired) electrons. The molecule has 2 aromatic rings. The molecule has 3 rings (SSSR count). The van der Waals surface area contributed by atoms with Gasteiger partial charge in [0, 0.05) is 12.8 Å². The van der Waals surface area contributed by atoms with Crippen molar-refractivity contribution < 1.29 is 9.59 Å². The molecule has 0 atom stereocenters. The van der Waals surface area contributed by atoms with Gasteiger partial charge in [0.15, 0.2) is 10.1 Å². The average Bonchev–Trinajstić information content (AvgIpc) is 3.28. The van der Waals surface area contributed by atoms with Gasteiger partial charge in [-0.25, -0.2) is 4.98 Å². The van der Waals surface area contributed by atoms with E-state index in [2.05, 4.69) is 20.8 Å². The number of carbonyl (C=O) groups excluding carboxylic acids is 2. The maximum absolute atomic E-state index is 12.4. The molecule has 1 fully saturated rings. The van der Waals surface area contributed by atoms with Gasteiger partial charge in [-0.05, 0) is 30.2 Å². The van der Waals surface area contributed by atoms with Crippen molar-refractivity contribution in [1.29, 1.82) is 0 Å². The molecule has 118 valence electrons. The Bertz CT molecular complexity index is 783. The van der Waals surface area contributed by atoms with Crippen molar-refractivity contribution in [2.45, 2.75) is 25.7 Å². The Balaban J connectivity index is 1.82. The van der Waals surface area contributed by atoms with E-state index >= 15 is 0 Å². The summed E-state index contributed by atoms with van der Waals surface area (Å²) in [7, 11) is 0. The summed E-state index contributed by atoms with van der Waals surface area (Å²) in [4.78, 5) is 38.8. The Morgan fingerprint density at radius 3 is 2.65 bits per heavy atom. The monoisotopic (exact) mass is 330 g/mol. The molecule has 0 bridgehead atoms. The molecular weight excluding hydrogens is 316 g/mol. The van der Waals surface area contributed by atoms with Crippen LogP contribution >= 0.6 is 11.3 Å². The Kier molecular flexibility index (Phi) is 4.16. The third kappa shape index (κ3) is 3.42. The molecular formula is C15H14N4O3S. The molecule has 2 N–H and O–H groups in total. The summed E-state index contributed by atoms with van der Waals surface area (Å²) in [6.07, 6.45) is 1.98. The van der Waals surface area contributed by atoms with Crippen molar-refractivity contribution in [2.24, 2.45) is 5.18 Å². The zero-order valence-corrected chi connectivity index (χ0v) is 13.1. The fourth-order valence-corrected chi connectivity index (χ4v) is 3.03. The van der Waals surface area contributed by atoms with E-state index in [0.29, 0.717) is 27.1 Å². The van der Waals surface area contributed by atoms with E-state index in [1.165, 1.54) is 6.92 Å². The Morgan fingerprint density at radius 1 is 1.26 bits per heavy atom. The Morgan fingerprint density at radius 2 is 2.00 bits per heavy atom. The van der Waals surface area contributed by atoms with Crippen molar-refractivity contribution in [3.8, 4) is 0 Å². The first-order valence-electron chi connectivity index (χ1n) is 7.10. The van der Waals surface area contributed by atoms with Crippen LogP contribution in [0.3, 0.4) is 0 Å². The Hall–Kier alpha value is -2.61. The first-order chi connectivity index (χ1) is 11.1. The number of hydrogen-bond acceptors (Lipinski definition) is 6. The number of thiazole rings is 1. The summed E-state index contributed by atoms with van der Waals surface area (Å²) in [6, 6.07) is 6.68. The fourth-order valence-electron chi connectivity index (χ4n) is 2.21. The maximum Gasteiger partial charge on any atom is 0.259 e. The van der Waals surface area contributed by atoms with Gasteiger partial charge in [-0.3, -0.25) is 14.9 Å². The smallest absolute Gasteiger partial charge is 0.259 e. The molecule has 0 spiro atoms. The molecule has 0 unspecified atom stereocenters. The number of nitroso groups, excluding NO2 is 1. The van der Waals surface area contributed by atoms with Gasteiger partial charge in [0.2, 0.25) is 5.91 Å². The summed E-state index contributed by atoms with van der Waals surface area (Å²) >= 11 is 1.06. The number of nitrogens with one attached hydrogen (secondary N) is 2.